The van der Waals surface area contributed by atoms with Crippen molar-refractivity contribution in [2.45, 2.75) is 63.8 Å². The first-order valence-electron chi connectivity index (χ1n) is 7.04. The maximum Gasteiger partial charge on any atom is 0.305 e. The number of hydrogen-bond donors (Lipinski definition) is 0. The Balaban J connectivity index is 4.44. The van der Waals surface area contributed by atoms with Gasteiger partial charge in [-0.1, -0.05) is 13.1 Å². The summed E-state index contributed by atoms with van der Waals surface area (Å²) >= 11 is 6.14. The fourth-order valence-corrected chi connectivity index (χ4v) is 2.03. The van der Waals surface area contributed by atoms with E-state index in [1.165, 1.54) is 0 Å². The second-order valence-corrected chi connectivity index (χ2v) is 13.5. The highest BCUT2D eigenvalue weighted by Crippen LogP contribution is 2.21. The summed E-state index contributed by atoms with van der Waals surface area (Å²) in [5.74, 6) is -0.383. The van der Waals surface area contributed by atoms with Gasteiger partial charge in [0.25, 0.3) is 0 Å². The third-order valence-corrected chi connectivity index (χ3v) is 4.77. The molecule has 6 nitrogen and oxygen atoms in total. The summed E-state index contributed by atoms with van der Waals surface area (Å²) in [6.45, 7) is 9.03. The molecule has 0 N–H and O–H groups in total. The molecule has 22 heavy (non-hydrogen) atoms. The second-order valence-electron chi connectivity index (χ2n) is 6.45. The third-order valence-electron chi connectivity index (χ3n) is 2.81. The van der Waals surface area contributed by atoms with Gasteiger partial charge in [0.2, 0.25) is 0 Å². The number of carbonyl (C=O) groups is 1. The average molecular weight is 343 g/mol. The van der Waals surface area contributed by atoms with Crippen molar-refractivity contribution in [3.63, 3.8) is 0 Å². The quantitative estimate of drug-likeness (QED) is 0.290. The van der Waals surface area contributed by atoms with Crippen LogP contribution < -0.4 is 0 Å². The van der Waals surface area contributed by atoms with Gasteiger partial charge in [0.1, 0.15) is 0 Å². The van der Waals surface area contributed by atoms with Crippen molar-refractivity contribution in [2.75, 3.05) is 6.61 Å². The number of carbonyl (C=O) groups excluding carboxylic acids is 1. The van der Waals surface area contributed by atoms with E-state index in [0.29, 0.717) is 12.7 Å². The molecule has 0 aliphatic rings. The molecule has 0 radical (unpaired) electrons. The molecule has 8 heteroatoms. The van der Waals surface area contributed by atoms with Gasteiger partial charge in [-0.05, 0) is 33.2 Å². The van der Waals surface area contributed by atoms with E-state index in [0.717, 1.165) is 0 Å². The summed E-state index contributed by atoms with van der Waals surface area (Å²) in [6, 6.07) is 4.68. The fraction of sp³-hybridized carbons (Fsp3) is 0.786. The summed E-state index contributed by atoms with van der Waals surface area (Å²) in [5, 5.41) is 25.9. The first-order valence-corrected chi connectivity index (χ1v) is 11.3. The maximum absolute atomic E-state index is 11.7. The van der Waals surface area contributed by atoms with Crippen LogP contribution in [0, 0.1) is 22.7 Å². The molecule has 1 atom stereocenters. The van der Waals surface area contributed by atoms with Crippen LogP contribution >= 0.6 is 11.1 Å². The zero-order valence-corrected chi connectivity index (χ0v) is 15.6. The number of halogens is 1. The van der Waals surface area contributed by atoms with Gasteiger partial charge in [-0.3, -0.25) is 4.79 Å². The van der Waals surface area contributed by atoms with Crippen LogP contribution in [-0.2, 0) is 9.53 Å². The molecular weight excluding hydrogens is 320 g/mol. The fourth-order valence-electron chi connectivity index (χ4n) is 1.21. The lowest BCUT2D eigenvalue weighted by atomic mass is 9.99. The summed E-state index contributed by atoms with van der Waals surface area (Å²) in [7, 11) is -1.75. The van der Waals surface area contributed by atoms with E-state index in [2.05, 4.69) is 10.2 Å². The molecule has 0 heterocycles. The van der Waals surface area contributed by atoms with Gasteiger partial charge in [-0.15, -0.1) is 0 Å². The lowest BCUT2D eigenvalue weighted by molar-refractivity contribution is -0.143. The molecule has 1 unspecified atom stereocenters. The molecule has 0 fully saturated rings. The van der Waals surface area contributed by atoms with Crippen LogP contribution in [0.4, 0.5) is 0 Å². The Morgan fingerprint density at radius 2 is 1.82 bits per heavy atom. The Kier molecular flexibility index (Phi) is 7.72. The molecule has 0 aromatic carbocycles. The number of azo groups is 1. The number of esters is 1. The van der Waals surface area contributed by atoms with Crippen molar-refractivity contribution in [1.82, 2.24) is 0 Å². The minimum absolute atomic E-state index is 0.0698. The van der Waals surface area contributed by atoms with Gasteiger partial charge >= 0.3 is 5.97 Å². The average Bonchev–Trinajstić information content (AvgIpc) is 2.42. The van der Waals surface area contributed by atoms with Crippen LogP contribution in [0.15, 0.2) is 10.2 Å². The number of nitrogens with zero attached hydrogens (tertiary/aromatic N) is 4. The van der Waals surface area contributed by atoms with Crippen molar-refractivity contribution in [1.29, 1.82) is 10.5 Å². The number of nitriles is 2. The summed E-state index contributed by atoms with van der Waals surface area (Å²) in [4.78, 5) is 11.7. The van der Waals surface area contributed by atoms with Crippen LogP contribution in [0.1, 0.15) is 33.6 Å². The van der Waals surface area contributed by atoms with E-state index >= 15 is 0 Å². The van der Waals surface area contributed by atoms with Gasteiger partial charge in [0, 0.05) is 6.42 Å². The van der Waals surface area contributed by atoms with Crippen LogP contribution in [0.3, 0.4) is 0 Å². The Hall–Kier alpha value is -1.44. The van der Waals surface area contributed by atoms with Crippen LogP contribution in [-0.4, -0.2) is 31.0 Å². The molecule has 0 aromatic rings. The van der Waals surface area contributed by atoms with Crippen molar-refractivity contribution in [3.05, 3.63) is 0 Å². The monoisotopic (exact) mass is 342 g/mol. The number of hydrogen-bond acceptors (Lipinski definition) is 6. The first kappa shape index (κ1) is 20.6. The predicted molar refractivity (Wildman–Crippen MR) is 86.9 cm³/mol. The van der Waals surface area contributed by atoms with E-state index < -0.39 is 18.5 Å². The van der Waals surface area contributed by atoms with Crippen LogP contribution in [0.2, 0.25) is 19.1 Å². The molecule has 0 saturated carbocycles. The first-order chi connectivity index (χ1) is 9.93. The Morgan fingerprint density at radius 1 is 1.23 bits per heavy atom. The summed E-state index contributed by atoms with van der Waals surface area (Å²) in [5.41, 5.74) is -2.14. The SMILES string of the molecule is CC(C)(C#N)N=NC(C)(C#N)CCC(=O)OCC[Si](C)(C)Cl. The lowest BCUT2D eigenvalue weighted by Gasteiger charge is -2.17. The normalized spacial score (nSPS) is 14.9. The molecule has 0 amide bonds. The largest absolute Gasteiger partial charge is 0.466 e. The summed E-state index contributed by atoms with van der Waals surface area (Å²) in [6.07, 6.45) is 0.259. The highest BCUT2D eigenvalue weighted by atomic mass is 35.6. The number of rotatable bonds is 8. The minimum Gasteiger partial charge on any atom is -0.466 e. The maximum atomic E-state index is 11.7. The molecule has 0 rings (SSSR count). The van der Waals surface area contributed by atoms with E-state index in [9.17, 15) is 10.1 Å². The van der Waals surface area contributed by atoms with Gasteiger partial charge in [-0.2, -0.15) is 31.8 Å². The zero-order valence-electron chi connectivity index (χ0n) is 13.8. The third kappa shape index (κ3) is 9.49. The van der Waals surface area contributed by atoms with Gasteiger partial charge in [0.05, 0.1) is 18.7 Å². The molecule has 0 spiro atoms. The predicted octanol–water partition coefficient (Wildman–Crippen LogP) is 3.79. The van der Waals surface area contributed by atoms with Crippen LogP contribution in [0.25, 0.3) is 0 Å². The van der Waals surface area contributed by atoms with E-state index in [4.69, 9.17) is 21.1 Å². The molecular formula is C14H23ClN4O2Si. The molecule has 0 aliphatic heterocycles. The molecule has 122 valence electrons. The van der Waals surface area contributed by atoms with E-state index in [1.54, 1.807) is 20.8 Å². The smallest absolute Gasteiger partial charge is 0.305 e. The topological polar surface area (TPSA) is 98.6 Å². The highest BCUT2D eigenvalue weighted by Gasteiger charge is 2.27. The second kappa shape index (κ2) is 8.26. The van der Waals surface area contributed by atoms with Gasteiger partial charge < -0.3 is 4.74 Å². The van der Waals surface area contributed by atoms with Crippen LogP contribution in [0.5, 0.6) is 0 Å². The molecule has 0 saturated heterocycles. The van der Waals surface area contributed by atoms with Gasteiger partial charge in [0.15, 0.2) is 18.5 Å². The Morgan fingerprint density at radius 3 is 2.27 bits per heavy atom. The van der Waals surface area contributed by atoms with Crippen molar-refractivity contribution in [2.24, 2.45) is 10.2 Å². The zero-order chi connectivity index (χ0) is 17.4. The Labute approximate surface area is 137 Å². The van der Waals surface area contributed by atoms with E-state index in [-0.39, 0.29) is 18.8 Å². The Bertz CT molecular complexity index is 502. The molecule has 0 bridgehead atoms. The van der Waals surface area contributed by atoms with Crippen molar-refractivity contribution >= 4 is 24.4 Å². The van der Waals surface area contributed by atoms with Crippen molar-refractivity contribution < 1.29 is 9.53 Å². The number of ether oxygens (including phenoxy) is 1. The summed E-state index contributed by atoms with van der Waals surface area (Å²) < 4.78 is 5.10. The standard InChI is InChI=1S/C14H23ClN4O2Si/c1-13(2,10-16)18-19-14(3,11-17)7-6-12(20)21-8-9-22(4,5)15/h6-9H2,1-5H3. The minimum atomic E-state index is -1.75. The van der Waals surface area contributed by atoms with E-state index in [1.807, 2.05) is 25.2 Å². The van der Waals surface area contributed by atoms with Gasteiger partial charge in [-0.25, -0.2) is 0 Å². The van der Waals surface area contributed by atoms with Crippen molar-refractivity contribution in [3.8, 4) is 12.1 Å². The molecule has 0 aromatic heterocycles. The lowest BCUT2D eigenvalue weighted by Crippen LogP contribution is -2.24. The highest BCUT2D eigenvalue weighted by molar-refractivity contribution is 7.19. The molecule has 0 aliphatic carbocycles.